The van der Waals surface area contributed by atoms with Crippen LogP contribution in [0, 0.1) is 0 Å². The molecular formula is C21H23ClN4O3. The van der Waals surface area contributed by atoms with Crippen molar-refractivity contribution >= 4 is 34.9 Å². The Morgan fingerprint density at radius 2 is 2.03 bits per heavy atom. The average molecular weight is 415 g/mol. The monoisotopic (exact) mass is 414 g/mol. The Morgan fingerprint density at radius 1 is 1.34 bits per heavy atom. The van der Waals surface area contributed by atoms with Crippen molar-refractivity contribution < 1.29 is 9.53 Å². The van der Waals surface area contributed by atoms with Gasteiger partial charge in [-0.1, -0.05) is 18.5 Å². The minimum absolute atomic E-state index is 0.143. The number of anilines is 3. The first-order chi connectivity index (χ1) is 13.9. The van der Waals surface area contributed by atoms with Crippen LogP contribution >= 0.6 is 11.6 Å². The Morgan fingerprint density at radius 3 is 2.66 bits per heavy atom. The molecule has 4 rings (SSSR count). The van der Waals surface area contributed by atoms with Crippen LogP contribution in [0.1, 0.15) is 51.1 Å². The summed E-state index contributed by atoms with van der Waals surface area (Å²) in [7, 11) is 0. The lowest BCUT2D eigenvalue weighted by Crippen LogP contribution is -2.32. The van der Waals surface area contributed by atoms with Crippen molar-refractivity contribution in [2.75, 3.05) is 17.2 Å². The van der Waals surface area contributed by atoms with Gasteiger partial charge < -0.3 is 15.4 Å². The van der Waals surface area contributed by atoms with Gasteiger partial charge in [0.15, 0.2) is 0 Å². The average Bonchev–Trinajstić information content (AvgIpc) is 3.48. The van der Waals surface area contributed by atoms with Gasteiger partial charge in [-0.2, -0.15) is 4.98 Å². The second-order valence-electron chi connectivity index (χ2n) is 7.34. The Bertz CT molecular complexity index is 1050. The maximum absolute atomic E-state index is 12.8. The molecule has 1 aromatic heterocycles. The third kappa shape index (κ3) is 3.62. The summed E-state index contributed by atoms with van der Waals surface area (Å²) in [5, 5.41) is 7.13. The number of rotatable bonds is 5. The number of ether oxygens (including phenoxy) is 1. The molecule has 1 aliphatic heterocycles. The number of hydrogen-bond donors (Lipinski definition) is 2. The molecule has 0 saturated heterocycles. The highest BCUT2D eigenvalue weighted by atomic mass is 35.5. The Labute approximate surface area is 173 Å². The molecular weight excluding hydrogens is 392 g/mol. The molecule has 0 spiro atoms. The molecule has 1 aromatic carbocycles. The lowest BCUT2D eigenvalue weighted by Gasteiger charge is -2.30. The first kappa shape index (κ1) is 19.5. The first-order valence-corrected chi connectivity index (χ1v) is 10.1. The topological polar surface area (TPSA) is 85.2 Å². The van der Waals surface area contributed by atoms with Crippen molar-refractivity contribution in [2.45, 2.75) is 45.6 Å². The SMILES string of the molecule is CCOC(=O)C1=C(C)Nc2c(c(Nc3ccc(Cl)cc3)nc(=O)n2C2CC2)C1C. The molecule has 152 valence electrons. The summed E-state index contributed by atoms with van der Waals surface area (Å²) in [6.45, 7) is 5.85. The fourth-order valence-electron chi connectivity index (χ4n) is 3.77. The quantitative estimate of drug-likeness (QED) is 0.708. The number of aromatic nitrogens is 2. The molecule has 29 heavy (non-hydrogen) atoms. The molecule has 0 amide bonds. The fraction of sp³-hybridized carbons (Fsp3) is 0.381. The zero-order chi connectivity index (χ0) is 20.7. The largest absolute Gasteiger partial charge is 0.463 e. The third-order valence-electron chi connectivity index (χ3n) is 5.25. The Balaban J connectivity index is 1.84. The molecule has 7 nitrogen and oxygen atoms in total. The van der Waals surface area contributed by atoms with Crippen LogP contribution in [0.15, 0.2) is 40.3 Å². The molecule has 2 N–H and O–H groups in total. The van der Waals surface area contributed by atoms with Crippen molar-refractivity contribution in [3.8, 4) is 0 Å². The molecule has 8 heteroatoms. The smallest absolute Gasteiger partial charge is 0.351 e. The Kier molecular flexibility index (Phi) is 5.08. The number of nitrogens with zero attached hydrogens (tertiary/aromatic N) is 2. The standard InChI is InChI=1S/C21H23ClN4O3/c1-4-29-20(27)16-11(2)17-18(24-14-7-5-13(22)6-8-14)25-21(28)26(15-9-10-15)19(17)23-12(16)3/h5-8,11,15,23H,4,9-10H2,1-3H3,(H,24,25,28). The van der Waals surface area contributed by atoms with Gasteiger partial charge >= 0.3 is 11.7 Å². The maximum Gasteiger partial charge on any atom is 0.351 e. The van der Waals surface area contributed by atoms with Gasteiger partial charge in [-0.15, -0.1) is 0 Å². The van der Waals surface area contributed by atoms with Gasteiger partial charge in [-0.3, -0.25) is 4.57 Å². The van der Waals surface area contributed by atoms with E-state index >= 15 is 0 Å². The van der Waals surface area contributed by atoms with Gasteiger partial charge in [0.2, 0.25) is 0 Å². The van der Waals surface area contributed by atoms with E-state index in [0.717, 1.165) is 24.1 Å². The van der Waals surface area contributed by atoms with E-state index < -0.39 is 0 Å². The van der Waals surface area contributed by atoms with Gasteiger partial charge in [0, 0.05) is 33.9 Å². The predicted octanol–water partition coefficient (Wildman–Crippen LogP) is 4.34. The van der Waals surface area contributed by atoms with E-state index in [-0.39, 0.29) is 23.6 Å². The minimum atomic E-state index is -0.364. The van der Waals surface area contributed by atoms with Crippen LogP contribution in [0.5, 0.6) is 0 Å². The van der Waals surface area contributed by atoms with Crippen LogP contribution in [0.3, 0.4) is 0 Å². The molecule has 1 fully saturated rings. The molecule has 2 aliphatic rings. The van der Waals surface area contributed by atoms with Crippen LogP contribution in [0.2, 0.25) is 5.02 Å². The minimum Gasteiger partial charge on any atom is -0.463 e. The van der Waals surface area contributed by atoms with E-state index in [9.17, 15) is 9.59 Å². The summed E-state index contributed by atoms with van der Waals surface area (Å²) < 4.78 is 6.97. The second kappa shape index (κ2) is 7.55. The number of hydrogen-bond acceptors (Lipinski definition) is 6. The molecule has 2 aromatic rings. The van der Waals surface area contributed by atoms with Crippen LogP contribution in [-0.4, -0.2) is 22.1 Å². The van der Waals surface area contributed by atoms with Crippen LogP contribution < -0.4 is 16.3 Å². The van der Waals surface area contributed by atoms with Gasteiger partial charge in [0.1, 0.15) is 11.6 Å². The number of halogens is 1. The summed E-state index contributed by atoms with van der Waals surface area (Å²) in [5.74, 6) is 0.469. The fourth-order valence-corrected chi connectivity index (χ4v) is 3.90. The van der Waals surface area contributed by atoms with Crippen molar-refractivity contribution in [3.05, 3.63) is 56.6 Å². The zero-order valence-electron chi connectivity index (χ0n) is 16.6. The summed E-state index contributed by atoms with van der Waals surface area (Å²) in [6.07, 6.45) is 1.89. The number of nitrogens with one attached hydrogen (secondary N) is 2. The van der Waals surface area contributed by atoms with Crippen molar-refractivity contribution in [1.29, 1.82) is 0 Å². The number of fused-ring (bicyclic) bond motifs is 1. The van der Waals surface area contributed by atoms with Crippen molar-refractivity contribution in [2.24, 2.45) is 0 Å². The van der Waals surface area contributed by atoms with E-state index in [4.69, 9.17) is 16.3 Å². The number of carbonyl (C=O) groups is 1. The number of esters is 1. The molecule has 1 saturated carbocycles. The second-order valence-corrected chi connectivity index (χ2v) is 7.78. The van der Waals surface area contributed by atoms with E-state index in [1.807, 2.05) is 26.0 Å². The highest BCUT2D eigenvalue weighted by Gasteiger charge is 2.37. The van der Waals surface area contributed by atoms with E-state index in [1.165, 1.54) is 0 Å². The summed E-state index contributed by atoms with van der Waals surface area (Å²) in [6, 6.07) is 7.30. The van der Waals surface area contributed by atoms with Crippen LogP contribution in [0.4, 0.5) is 17.3 Å². The number of carbonyl (C=O) groups excluding carboxylic acids is 1. The lowest BCUT2D eigenvalue weighted by molar-refractivity contribution is -0.138. The predicted molar refractivity (Wildman–Crippen MR) is 113 cm³/mol. The van der Waals surface area contributed by atoms with Crippen molar-refractivity contribution in [3.63, 3.8) is 0 Å². The zero-order valence-corrected chi connectivity index (χ0v) is 17.3. The highest BCUT2D eigenvalue weighted by molar-refractivity contribution is 6.30. The highest BCUT2D eigenvalue weighted by Crippen LogP contribution is 2.45. The van der Waals surface area contributed by atoms with Gasteiger partial charge in [0.05, 0.1) is 12.2 Å². The van der Waals surface area contributed by atoms with E-state index in [1.54, 1.807) is 23.6 Å². The molecule has 1 unspecified atom stereocenters. The molecule has 1 atom stereocenters. The van der Waals surface area contributed by atoms with Gasteiger partial charge in [0.25, 0.3) is 0 Å². The van der Waals surface area contributed by atoms with E-state index in [2.05, 4.69) is 15.6 Å². The third-order valence-corrected chi connectivity index (χ3v) is 5.51. The molecule has 0 bridgehead atoms. The van der Waals surface area contributed by atoms with Gasteiger partial charge in [-0.25, -0.2) is 9.59 Å². The summed E-state index contributed by atoms with van der Waals surface area (Å²) in [5.41, 5.74) is 2.46. The normalized spacial score (nSPS) is 18.1. The number of benzene rings is 1. The Hall–Kier alpha value is -2.80. The molecule has 0 radical (unpaired) electrons. The maximum atomic E-state index is 12.8. The first-order valence-electron chi connectivity index (χ1n) is 9.74. The van der Waals surface area contributed by atoms with E-state index in [0.29, 0.717) is 34.5 Å². The van der Waals surface area contributed by atoms with Crippen LogP contribution in [-0.2, 0) is 9.53 Å². The van der Waals surface area contributed by atoms with Gasteiger partial charge in [-0.05, 0) is 51.0 Å². The molecule has 2 heterocycles. The van der Waals surface area contributed by atoms with Crippen LogP contribution in [0.25, 0.3) is 0 Å². The summed E-state index contributed by atoms with van der Waals surface area (Å²) in [4.78, 5) is 29.7. The van der Waals surface area contributed by atoms with Crippen molar-refractivity contribution in [1.82, 2.24) is 9.55 Å². The summed E-state index contributed by atoms with van der Waals surface area (Å²) >= 11 is 5.98. The number of allylic oxidation sites excluding steroid dienone is 1. The lowest BCUT2D eigenvalue weighted by atomic mass is 9.88. The molecule has 1 aliphatic carbocycles.